The zero-order valence-corrected chi connectivity index (χ0v) is 12.1. The van der Waals surface area contributed by atoms with Crippen molar-refractivity contribution < 1.29 is 4.79 Å². The molecule has 0 aromatic heterocycles. The van der Waals surface area contributed by atoms with E-state index in [4.69, 9.17) is 0 Å². The standard InChI is InChI=1S/C16H24N2O/c1-12(2)17-15-9-5-4-8-14(15)16(19)18-10-6-7-13(3)11-18/h4-5,8-9,12-13,17H,6-7,10-11H2,1-3H3. The molecule has 0 aliphatic carbocycles. The maximum absolute atomic E-state index is 12.6. The van der Waals surface area contributed by atoms with Gasteiger partial charge in [0.05, 0.1) is 5.56 Å². The Balaban J connectivity index is 2.18. The number of carbonyl (C=O) groups is 1. The van der Waals surface area contributed by atoms with Crippen molar-refractivity contribution in [2.45, 2.75) is 39.7 Å². The number of piperidine rings is 1. The van der Waals surface area contributed by atoms with Gasteiger partial charge in [-0.15, -0.1) is 0 Å². The summed E-state index contributed by atoms with van der Waals surface area (Å²) in [4.78, 5) is 14.6. The van der Waals surface area contributed by atoms with E-state index in [1.807, 2.05) is 29.2 Å². The van der Waals surface area contributed by atoms with Gasteiger partial charge in [-0.05, 0) is 44.7 Å². The highest BCUT2D eigenvalue weighted by Gasteiger charge is 2.23. The second-order valence-electron chi connectivity index (χ2n) is 5.84. The molecule has 1 aliphatic rings. The fraction of sp³-hybridized carbons (Fsp3) is 0.562. The molecule has 104 valence electrons. The van der Waals surface area contributed by atoms with Crippen molar-refractivity contribution in [3.05, 3.63) is 29.8 Å². The van der Waals surface area contributed by atoms with E-state index in [9.17, 15) is 4.79 Å². The van der Waals surface area contributed by atoms with Gasteiger partial charge in [-0.3, -0.25) is 4.79 Å². The lowest BCUT2D eigenvalue weighted by atomic mass is 9.99. The van der Waals surface area contributed by atoms with Gasteiger partial charge in [0, 0.05) is 24.8 Å². The summed E-state index contributed by atoms with van der Waals surface area (Å²) < 4.78 is 0. The first-order valence-corrected chi connectivity index (χ1v) is 7.22. The molecule has 2 rings (SSSR count). The van der Waals surface area contributed by atoms with Gasteiger partial charge in [-0.1, -0.05) is 19.1 Å². The fourth-order valence-corrected chi connectivity index (χ4v) is 2.65. The quantitative estimate of drug-likeness (QED) is 0.903. The average Bonchev–Trinajstić information content (AvgIpc) is 2.38. The molecule has 0 spiro atoms. The number of likely N-dealkylation sites (tertiary alicyclic amines) is 1. The van der Waals surface area contributed by atoms with Crippen LogP contribution in [0.5, 0.6) is 0 Å². The molecule has 0 saturated carbocycles. The third kappa shape index (κ3) is 3.49. The van der Waals surface area contributed by atoms with Crippen molar-refractivity contribution in [2.24, 2.45) is 5.92 Å². The molecule has 1 fully saturated rings. The van der Waals surface area contributed by atoms with Gasteiger partial charge < -0.3 is 10.2 Å². The molecule has 0 radical (unpaired) electrons. The van der Waals surface area contributed by atoms with Crippen LogP contribution in [0.15, 0.2) is 24.3 Å². The average molecular weight is 260 g/mol. The molecule has 1 saturated heterocycles. The molecule has 1 atom stereocenters. The first-order valence-electron chi connectivity index (χ1n) is 7.22. The van der Waals surface area contributed by atoms with Crippen LogP contribution in [0, 0.1) is 5.92 Å². The van der Waals surface area contributed by atoms with E-state index in [1.54, 1.807) is 0 Å². The van der Waals surface area contributed by atoms with Gasteiger partial charge in [-0.2, -0.15) is 0 Å². The molecule has 1 amide bonds. The number of benzene rings is 1. The zero-order chi connectivity index (χ0) is 13.8. The van der Waals surface area contributed by atoms with Crippen molar-refractivity contribution in [3.8, 4) is 0 Å². The highest BCUT2D eigenvalue weighted by molar-refractivity contribution is 5.99. The van der Waals surface area contributed by atoms with Crippen LogP contribution in [0.1, 0.15) is 44.0 Å². The van der Waals surface area contributed by atoms with Crippen LogP contribution in [-0.4, -0.2) is 29.9 Å². The van der Waals surface area contributed by atoms with E-state index in [2.05, 4.69) is 26.1 Å². The molecule has 1 aromatic carbocycles. The van der Waals surface area contributed by atoms with Crippen molar-refractivity contribution in [2.75, 3.05) is 18.4 Å². The molecule has 1 aliphatic heterocycles. The summed E-state index contributed by atoms with van der Waals surface area (Å²) in [5.74, 6) is 0.776. The number of amides is 1. The highest BCUT2D eigenvalue weighted by atomic mass is 16.2. The van der Waals surface area contributed by atoms with Crippen molar-refractivity contribution in [1.29, 1.82) is 0 Å². The zero-order valence-electron chi connectivity index (χ0n) is 12.1. The Labute approximate surface area is 116 Å². The number of hydrogen-bond donors (Lipinski definition) is 1. The van der Waals surface area contributed by atoms with E-state index in [1.165, 1.54) is 6.42 Å². The van der Waals surface area contributed by atoms with Gasteiger partial charge in [0.15, 0.2) is 0 Å². The first kappa shape index (κ1) is 13.9. The smallest absolute Gasteiger partial charge is 0.255 e. The van der Waals surface area contributed by atoms with Crippen LogP contribution >= 0.6 is 0 Å². The minimum atomic E-state index is 0.162. The van der Waals surface area contributed by atoms with E-state index in [0.29, 0.717) is 12.0 Å². The van der Waals surface area contributed by atoms with Crippen LogP contribution in [0.4, 0.5) is 5.69 Å². The highest BCUT2D eigenvalue weighted by Crippen LogP contribution is 2.22. The number of nitrogens with one attached hydrogen (secondary N) is 1. The third-order valence-electron chi connectivity index (χ3n) is 3.55. The molecule has 19 heavy (non-hydrogen) atoms. The minimum absolute atomic E-state index is 0.162. The third-order valence-corrected chi connectivity index (χ3v) is 3.55. The van der Waals surface area contributed by atoms with Crippen molar-refractivity contribution in [3.63, 3.8) is 0 Å². The van der Waals surface area contributed by atoms with E-state index in [0.717, 1.165) is 30.8 Å². The number of para-hydroxylation sites is 1. The number of anilines is 1. The summed E-state index contributed by atoms with van der Waals surface area (Å²) in [6, 6.07) is 8.15. The van der Waals surface area contributed by atoms with Crippen molar-refractivity contribution in [1.82, 2.24) is 4.90 Å². The molecule has 1 unspecified atom stereocenters. The molecule has 0 bridgehead atoms. The van der Waals surface area contributed by atoms with Gasteiger partial charge >= 0.3 is 0 Å². The van der Waals surface area contributed by atoms with Crippen molar-refractivity contribution >= 4 is 11.6 Å². The van der Waals surface area contributed by atoms with Gasteiger partial charge in [0.25, 0.3) is 5.91 Å². The second kappa shape index (κ2) is 6.09. The normalized spacial score (nSPS) is 19.6. The summed E-state index contributed by atoms with van der Waals surface area (Å²) in [6.45, 7) is 8.17. The van der Waals surface area contributed by atoms with Gasteiger partial charge in [-0.25, -0.2) is 0 Å². The molecule has 3 nitrogen and oxygen atoms in total. The predicted molar refractivity (Wildman–Crippen MR) is 79.5 cm³/mol. The maximum Gasteiger partial charge on any atom is 0.255 e. The molecule has 1 aromatic rings. The largest absolute Gasteiger partial charge is 0.382 e. The van der Waals surface area contributed by atoms with Gasteiger partial charge in [0.1, 0.15) is 0 Å². The summed E-state index contributed by atoms with van der Waals surface area (Å²) >= 11 is 0. The van der Waals surface area contributed by atoms with E-state index < -0.39 is 0 Å². The number of carbonyl (C=O) groups excluding carboxylic acids is 1. The maximum atomic E-state index is 12.6. The van der Waals surface area contributed by atoms with E-state index in [-0.39, 0.29) is 5.91 Å². The van der Waals surface area contributed by atoms with Crippen LogP contribution in [0.3, 0.4) is 0 Å². The van der Waals surface area contributed by atoms with Crippen LogP contribution < -0.4 is 5.32 Å². The Hall–Kier alpha value is -1.51. The lowest BCUT2D eigenvalue weighted by molar-refractivity contribution is 0.0684. The van der Waals surface area contributed by atoms with Crippen LogP contribution in [0.25, 0.3) is 0 Å². The number of nitrogens with zero attached hydrogens (tertiary/aromatic N) is 1. The SMILES string of the molecule is CC1CCCN(C(=O)c2ccccc2NC(C)C)C1. The Kier molecular flexibility index (Phi) is 4.46. The fourth-order valence-electron chi connectivity index (χ4n) is 2.65. The Morgan fingerprint density at radius 2 is 2.11 bits per heavy atom. The molecular formula is C16H24N2O. The summed E-state index contributed by atoms with van der Waals surface area (Å²) in [7, 11) is 0. The number of rotatable bonds is 3. The number of hydrogen-bond acceptors (Lipinski definition) is 2. The van der Waals surface area contributed by atoms with E-state index >= 15 is 0 Å². The first-order chi connectivity index (χ1) is 9.08. The van der Waals surface area contributed by atoms with Crippen LogP contribution in [0.2, 0.25) is 0 Å². The summed E-state index contributed by atoms with van der Waals surface area (Å²) in [6.07, 6.45) is 2.35. The lowest BCUT2D eigenvalue weighted by Crippen LogP contribution is -2.39. The molecule has 1 heterocycles. The minimum Gasteiger partial charge on any atom is -0.382 e. The lowest BCUT2D eigenvalue weighted by Gasteiger charge is -2.31. The Morgan fingerprint density at radius 3 is 2.79 bits per heavy atom. The Bertz CT molecular complexity index is 442. The topological polar surface area (TPSA) is 32.3 Å². The van der Waals surface area contributed by atoms with Crippen LogP contribution in [-0.2, 0) is 0 Å². The second-order valence-corrected chi connectivity index (χ2v) is 5.84. The molecule has 1 N–H and O–H groups in total. The molecule has 3 heteroatoms. The predicted octanol–water partition coefficient (Wildman–Crippen LogP) is 3.38. The summed E-state index contributed by atoms with van der Waals surface area (Å²) in [5, 5.41) is 3.36. The molecular weight excluding hydrogens is 236 g/mol. The Morgan fingerprint density at radius 1 is 1.37 bits per heavy atom. The monoisotopic (exact) mass is 260 g/mol. The summed E-state index contributed by atoms with van der Waals surface area (Å²) in [5.41, 5.74) is 1.74. The van der Waals surface area contributed by atoms with Gasteiger partial charge in [0.2, 0.25) is 0 Å².